The van der Waals surface area contributed by atoms with Gasteiger partial charge < -0.3 is 14.7 Å². The number of aliphatic hydroxyl groups is 1. The molecule has 0 spiro atoms. The standard InChI is InChI=1S/C10H14F2N2O2/c1-14(5-8(15)6-16-2)10-9(12)3-7(11)4-13-10/h3-4,8,15H,5-6H2,1-2H3. The Hall–Kier alpha value is -1.27. The van der Waals surface area contributed by atoms with Crippen LogP contribution in [0.3, 0.4) is 0 Å². The van der Waals surface area contributed by atoms with Crippen molar-refractivity contribution in [2.75, 3.05) is 32.2 Å². The lowest BCUT2D eigenvalue weighted by atomic mass is 10.3. The average molecular weight is 232 g/mol. The highest BCUT2D eigenvalue weighted by molar-refractivity contribution is 5.38. The number of pyridine rings is 1. The number of hydrogen-bond donors (Lipinski definition) is 1. The molecule has 6 heteroatoms. The van der Waals surface area contributed by atoms with Crippen molar-refractivity contribution in [2.45, 2.75) is 6.10 Å². The van der Waals surface area contributed by atoms with Gasteiger partial charge in [-0.05, 0) is 0 Å². The largest absolute Gasteiger partial charge is 0.389 e. The zero-order valence-corrected chi connectivity index (χ0v) is 9.15. The smallest absolute Gasteiger partial charge is 0.168 e. The summed E-state index contributed by atoms with van der Waals surface area (Å²) in [6.45, 7) is 0.302. The van der Waals surface area contributed by atoms with Crippen molar-refractivity contribution >= 4 is 5.82 Å². The van der Waals surface area contributed by atoms with E-state index in [1.165, 1.54) is 12.0 Å². The van der Waals surface area contributed by atoms with Gasteiger partial charge >= 0.3 is 0 Å². The van der Waals surface area contributed by atoms with E-state index < -0.39 is 17.7 Å². The molecule has 0 saturated carbocycles. The summed E-state index contributed by atoms with van der Waals surface area (Å²) in [5.74, 6) is -1.49. The fourth-order valence-electron chi connectivity index (χ4n) is 1.34. The van der Waals surface area contributed by atoms with Crippen LogP contribution >= 0.6 is 0 Å². The Balaban J connectivity index is 2.69. The van der Waals surface area contributed by atoms with E-state index in [1.54, 1.807) is 7.05 Å². The summed E-state index contributed by atoms with van der Waals surface area (Å²) in [6.07, 6.45) is 0.179. The Morgan fingerprint density at radius 3 is 2.81 bits per heavy atom. The van der Waals surface area contributed by atoms with Crippen molar-refractivity contribution in [1.82, 2.24) is 4.98 Å². The highest BCUT2D eigenvalue weighted by Gasteiger charge is 2.13. The van der Waals surface area contributed by atoms with Crippen LogP contribution < -0.4 is 4.90 Å². The summed E-state index contributed by atoms with van der Waals surface area (Å²) in [6, 6.07) is 0.752. The molecule has 0 aliphatic carbocycles. The highest BCUT2D eigenvalue weighted by Crippen LogP contribution is 2.15. The molecule has 90 valence electrons. The monoisotopic (exact) mass is 232 g/mol. The van der Waals surface area contributed by atoms with Crippen LogP contribution in [0.25, 0.3) is 0 Å². The molecule has 16 heavy (non-hydrogen) atoms. The molecule has 1 heterocycles. The second-order valence-electron chi connectivity index (χ2n) is 3.45. The lowest BCUT2D eigenvalue weighted by molar-refractivity contribution is 0.0693. The quantitative estimate of drug-likeness (QED) is 0.815. The van der Waals surface area contributed by atoms with Gasteiger partial charge in [-0.1, -0.05) is 0 Å². The van der Waals surface area contributed by atoms with Gasteiger partial charge in [0.15, 0.2) is 11.6 Å². The van der Waals surface area contributed by atoms with Crippen molar-refractivity contribution in [3.8, 4) is 0 Å². The van der Waals surface area contributed by atoms with E-state index >= 15 is 0 Å². The summed E-state index contributed by atoms with van der Waals surface area (Å²) < 4.78 is 30.6. The maximum Gasteiger partial charge on any atom is 0.168 e. The molecule has 0 fully saturated rings. The Morgan fingerprint density at radius 2 is 2.25 bits per heavy atom. The Kier molecular flexibility index (Phi) is 4.57. The van der Waals surface area contributed by atoms with Gasteiger partial charge in [-0.3, -0.25) is 0 Å². The summed E-state index contributed by atoms with van der Waals surface area (Å²) in [5, 5.41) is 9.44. The molecule has 0 aliphatic rings. The number of likely N-dealkylation sites (N-methyl/N-ethyl adjacent to an activating group) is 1. The van der Waals surface area contributed by atoms with Crippen LogP contribution in [0.2, 0.25) is 0 Å². The molecule has 0 bridgehead atoms. The molecule has 0 amide bonds. The topological polar surface area (TPSA) is 45.6 Å². The van der Waals surface area contributed by atoms with Gasteiger partial charge in [0.25, 0.3) is 0 Å². The number of ether oxygens (including phenoxy) is 1. The van der Waals surface area contributed by atoms with Crippen molar-refractivity contribution in [2.24, 2.45) is 0 Å². The van der Waals surface area contributed by atoms with Gasteiger partial charge in [0.2, 0.25) is 0 Å². The zero-order chi connectivity index (χ0) is 12.1. The fraction of sp³-hybridized carbons (Fsp3) is 0.500. The third kappa shape index (κ3) is 3.39. The number of anilines is 1. The third-order valence-corrected chi connectivity index (χ3v) is 1.99. The number of nitrogens with zero attached hydrogens (tertiary/aromatic N) is 2. The number of halogens is 2. The highest BCUT2D eigenvalue weighted by atomic mass is 19.1. The van der Waals surface area contributed by atoms with Gasteiger partial charge in [-0.2, -0.15) is 0 Å². The summed E-state index contributed by atoms with van der Waals surface area (Å²) in [4.78, 5) is 5.02. The third-order valence-electron chi connectivity index (χ3n) is 1.99. The molecule has 1 N–H and O–H groups in total. The molecular weight excluding hydrogens is 218 g/mol. The molecule has 1 rings (SSSR count). The summed E-state index contributed by atoms with van der Waals surface area (Å²) in [5.41, 5.74) is 0. The Labute approximate surface area is 92.5 Å². The first-order valence-corrected chi connectivity index (χ1v) is 4.73. The van der Waals surface area contributed by atoms with Crippen LogP contribution in [0.5, 0.6) is 0 Å². The van der Waals surface area contributed by atoms with Crippen LogP contribution in [-0.2, 0) is 4.74 Å². The first-order chi connectivity index (χ1) is 7.54. The van der Waals surface area contributed by atoms with Gasteiger partial charge in [-0.15, -0.1) is 0 Å². The van der Waals surface area contributed by atoms with Gasteiger partial charge in [0.05, 0.1) is 18.9 Å². The molecule has 1 aromatic heterocycles. The second-order valence-corrected chi connectivity index (χ2v) is 3.45. The maximum absolute atomic E-state index is 13.3. The average Bonchev–Trinajstić information content (AvgIpc) is 2.17. The molecular formula is C10H14F2N2O2. The summed E-state index contributed by atoms with van der Waals surface area (Å²) in [7, 11) is 3.02. The van der Waals surface area contributed by atoms with Gasteiger partial charge in [0, 0.05) is 26.8 Å². The van der Waals surface area contributed by atoms with E-state index in [4.69, 9.17) is 4.74 Å². The second kappa shape index (κ2) is 5.72. The first-order valence-electron chi connectivity index (χ1n) is 4.73. The molecule has 0 aromatic carbocycles. The van der Waals surface area contributed by atoms with E-state index in [1.807, 2.05) is 0 Å². The lowest BCUT2D eigenvalue weighted by Crippen LogP contribution is -2.32. The zero-order valence-electron chi connectivity index (χ0n) is 9.15. The van der Waals surface area contributed by atoms with Crippen LogP contribution in [0.4, 0.5) is 14.6 Å². The number of rotatable bonds is 5. The minimum Gasteiger partial charge on any atom is -0.389 e. The maximum atomic E-state index is 13.3. The van der Waals surface area contributed by atoms with Crippen molar-refractivity contribution in [3.05, 3.63) is 23.9 Å². The Morgan fingerprint density at radius 1 is 1.56 bits per heavy atom. The lowest BCUT2D eigenvalue weighted by Gasteiger charge is -2.21. The van der Waals surface area contributed by atoms with Crippen LogP contribution in [0.1, 0.15) is 0 Å². The minimum atomic E-state index is -0.757. The minimum absolute atomic E-state index is 0.00319. The van der Waals surface area contributed by atoms with Crippen molar-refractivity contribution < 1.29 is 18.6 Å². The van der Waals surface area contributed by atoms with E-state index in [0.29, 0.717) is 0 Å². The van der Waals surface area contributed by atoms with Crippen LogP contribution in [0.15, 0.2) is 12.3 Å². The number of aliphatic hydroxyl groups excluding tert-OH is 1. The molecule has 1 aromatic rings. The van der Waals surface area contributed by atoms with E-state index in [0.717, 1.165) is 12.3 Å². The van der Waals surface area contributed by atoms with Crippen molar-refractivity contribution in [3.63, 3.8) is 0 Å². The van der Waals surface area contributed by atoms with E-state index in [-0.39, 0.29) is 19.0 Å². The van der Waals surface area contributed by atoms with Gasteiger partial charge in [-0.25, -0.2) is 13.8 Å². The number of aromatic nitrogens is 1. The number of hydrogen-bond acceptors (Lipinski definition) is 4. The molecule has 4 nitrogen and oxygen atoms in total. The van der Waals surface area contributed by atoms with Crippen molar-refractivity contribution in [1.29, 1.82) is 0 Å². The number of methoxy groups -OCH3 is 1. The van der Waals surface area contributed by atoms with Crippen LogP contribution in [0, 0.1) is 11.6 Å². The molecule has 0 radical (unpaired) electrons. The molecule has 1 unspecified atom stereocenters. The SMILES string of the molecule is COCC(O)CN(C)c1ncc(F)cc1F. The fourth-order valence-corrected chi connectivity index (χ4v) is 1.34. The summed E-state index contributed by atoms with van der Waals surface area (Å²) >= 11 is 0. The normalized spacial score (nSPS) is 12.6. The predicted octanol–water partition coefficient (Wildman–Crippen LogP) is 0.803. The first kappa shape index (κ1) is 12.8. The molecule has 0 aliphatic heterocycles. The van der Waals surface area contributed by atoms with E-state index in [2.05, 4.69) is 4.98 Å². The van der Waals surface area contributed by atoms with Crippen LogP contribution in [-0.4, -0.2) is 43.5 Å². The van der Waals surface area contributed by atoms with E-state index in [9.17, 15) is 13.9 Å². The Bertz CT molecular complexity index is 350. The molecule has 1 atom stereocenters. The molecule has 0 saturated heterocycles. The predicted molar refractivity (Wildman–Crippen MR) is 55.3 cm³/mol. The van der Waals surface area contributed by atoms with Gasteiger partial charge in [0.1, 0.15) is 5.82 Å².